The molecule has 0 saturated heterocycles. The van der Waals surface area contributed by atoms with Gasteiger partial charge in [-0.15, -0.1) is 0 Å². The topological polar surface area (TPSA) is 121 Å². The van der Waals surface area contributed by atoms with Gasteiger partial charge < -0.3 is 11.1 Å². The predicted molar refractivity (Wildman–Crippen MR) is 107 cm³/mol. The van der Waals surface area contributed by atoms with Gasteiger partial charge in [-0.1, -0.05) is 18.2 Å². The molecule has 1 aromatic carbocycles. The Kier molecular flexibility index (Phi) is 4.55. The van der Waals surface area contributed by atoms with E-state index in [1.54, 1.807) is 39.8 Å². The summed E-state index contributed by atoms with van der Waals surface area (Å²) in [6, 6.07) is 10.4. The Balaban J connectivity index is 1.64. The molecule has 0 atom stereocenters. The van der Waals surface area contributed by atoms with Crippen molar-refractivity contribution in [2.75, 3.05) is 5.32 Å². The van der Waals surface area contributed by atoms with E-state index in [2.05, 4.69) is 20.5 Å². The van der Waals surface area contributed by atoms with Gasteiger partial charge in [0.2, 0.25) is 0 Å². The van der Waals surface area contributed by atoms with Crippen LogP contribution in [0.2, 0.25) is 0 Å². The Morgan fingerprint density at radius 1 is 1.21 bits per heavy atom. The number of carbonyl (C=O) groups is 2. The van der Waals surface area contributed by atoms with Gasteiger partial charge in [-0.05, 0) is 25.1 Å². The number of para-hydroxylation sites is 1. The zero-order valence-electron chi connectivity index (χ0n) is 16.0. The number of aromatic nitrogens is 5. The van der Waals surface area contributed by atoms with Crippen LogP contribution in [0.1, 0.15) is 32.2 Å². The summed E-state index contributed by atoms with van der Waals surface area (Å²) < 4.78 is 3.49. The number of primary amides is 1. The largest absolute Gasteiger partial charge is 0.364 e. The highest BCUT2D eigenvalue weighted by molar-refractivity contribution is 6.13. The maximum atomic E-state index is 13.0. The van der Waals surface area contributed by atoms with Crippen molar-refractivity contribution < 1.29 is 9.59 Å². The summed E-state index contributed by atoms with van der Waals surface area (Å²) >= 11 is 0. The standard InChI is InChI=1S/C20H19N7O2/c1-12-18(10-22-27(12)11-13-7-8-26(2)25-13)24-20(29)15-9-17(19(21)28)23-16-6-4-3-5-14(15)16/h3-10H,11H2,1-2H3,(H2,21,28)(H,24,29). The Labute approximate surface area is 166 Å². The highest BCUT2D eigenvalue weighted by atomic mass is 16.2. The van der Waals surface area contributed by atoms with Crippen molar-refractivity contribution in [1.29, 1.82) is 0 Å². The van der Waals surface area contributed by atoms with Crippen LogP contribution in [-0.4, -0.2) is 36.4 Å². The first-order valence-electron chi connectivity index (χ1n) is 8.94. The number of pyridine rings is 1. The lowest BCUT2D eigenvalue weighted by atomic mass is 10.1. The van der Waals surface area contributed by atoms with E-state index in [4.69, 9.17) is 5.73 Å². The van der Waals surface area contributed by atoms with Gasteiger partial charge in [0.15, 0.2) is 0 Å². The third kappa shape index (κ3) is 3.57. The highest BCUT2D eigenvalue weighted by Crippen LogP contribution is 2.21. The molecule has 0 fully saturated rings. The Morgan fingerprint density at radius 3 is 2.72 bits per heavy atom. The first-order valence-corrected chi connectivity index (χ1v) is 8.94. The van der Waals surface area contributed by atoms with Crippen molar-refractivity contribution in [2.45, 2.75) is 13.5 Å². The van der Waals surface area contributed by atoms with Crippen molar-refractivity contribution >= 4 is 28.4 Å². The number of nitrogens with one attached hydrogen (secondary N) is 1. The van der Waals surface area contributed by atoms with E-state index in [1.807, 2.05) is 26.2 Å². The lowest BCUT2D eigenvalue weighted by Crippen LogP contribution is -2.18. The van der Waals surface area contributed by atoms with Crippen LogP contribution in [0.5, 0.6) is 0 Å². The fourth-order valence-corrected chi connectivity index (χ4v) is 3.11. The number of hydrogen-bond acceptors (Lipinski definition) is 5. The molecule has 4 aromatic rings. The average molecular weight is 389 g/mol. The molecule has 0 unspecified atom stereocenters. The lowest BCUT2D eigenvalue weighted by molar-refractivity contribution is 0.0996. The van der Waals surface area contributed by atoms with Crippen molar-refractivity contribution in [2.24, 2.45) is 12.8 Å². The molecule has 0 aliphatic rings. The molecule has 3 aromatic heterocycles. The second-order valence-corrected chi connectivity index (χ2v) is 6.67. The molecule has 3 heterocycles. The van der Waals surface area contributed by atoms with Crippen molar-refractivity contribution in [3.63, 3.8) is 0 Å². The zero-order chi connectivity index (χ0) is 20.5. The van der Waals surface area contributed by atoms with Gasteiger partial charge in [0.25, 0.3) is 11.8 Å². The summed E-state index contributed by atoms with van der Waals surface area (Å²) in [7, 11) is 1.85. The van der Waals surface area contributed by atoms with Gasteiger partial charge in [-0.25, -0.2) is 4.98 Å². The molecule has 0 aliphatic heterocycles. The minimum absolute atomic E-state index is 0.0384. The van der Waals surface area contributed by atoms with E-state index < -0.39 is 5.91 Å². The Morgan fingerprint density at radius 2 is 2.00 bits per heavy atom. The molecule has 146 valence electrons. The number of hydrogen-bond donors (Lipinski definition) is 2. The van der Waals surface area contributed by atoms with Crippen molar-refractivity contribution in [1.82, 2.24) is 24.5 Å². The van der Waals surface area contributed by atoms with Crippen LogP contribution >= 0.6 is 0 Å². The minimum Gasteiger partial charge on any atom is -0.364 e. The van der Waals surface area contributed by atoms with Crippen LogP contribution in [-0.2, 0) is 13.6 Å². The van der Waals surface area contributed by atoms with Gasteiger partial charge in [0, 0.05) is 18.6 Å². The molecule has 4 rings (SSSR count). The first-order chi connectivity index (χ1) is 13.9. The van der Waals surface area contributed by atoms with E-state index in [1.165, 1.54) is 6.07 Å². The number of nitrogens with two attached hydrogens (primary N) is 1. The van der Waals surface area contributed by atoms with Gasteiger partial charge in [-0.3, -0.25) is 19.0 Å². The number of aryl methyl sites for hydroxylation is 1. The van der Waals surface area contributed by atoms with E-state index in [0.717, 1.165) is 11.4 Å². The van der Waals surface area contributed by atoms with E-state index in [-0.39, 0.29) is 11.6 Å². The molecule has 3 N–H and O–H groups in total. The van der Waals surface area contributed by atoms with E-state index in [9.17, 15) is 9.59 Å². The molecule has 29 heavy (non-hydrogen) atoms. The van der Waals surface area contributed by atoms with Gasteiger partial charge in [0.05, 0.1) is 40.9 Å². The molecular weight excluding hydrogens is 370 g/mol. The van der Waals surface area contributed by atoms with E-state index >= 15 is 0 Å². The van der Waals surface area contributed by atoms with Crippen LogP contribution in [0.25, 0.3) is 10.9 Å². The normalized spacial score (nSPS) is 11.0. The van der Waals surface area contributed by atoms with Crippen LogP contribution in [0.15, 0.2) is 48.8 Å². The summed E-state index contributed by atoms with van der Waals surface area (Å²) in [5, 5.41) is 12.2. The third-order valence-corrected chi connectivity index (χ3v) is 4.65. The second kappa shape index (κ2) is 7.19. The number of anilines is 1. The number of fused-ring (bicyclic) bond motifs is 1. The summed E-state index contributed by atoms with van der Waals surface area (Å²) in [4.78, 5) is 28.8. The smallest absolute Gasteiger partial charge is 0.267 e. The Hall–Kier alpha value is -4.01. The summed E-state index contributed by atoms with van der Waals surface area (Å²) in [6.45, 7) is 2.36. The summed E-state index contributed by atoms with van der Waals surface area (Å²) in [5.41, 5.74) is 8.49. The molecule has 0 spiro atoms. The van der Waals surface area contributed by atoms with Crippen LogP contribution < -0.4 is 11.1 Å². The summed E-state index contributed by atoms with van der Waals surface area (Å²) in [6.07, 6.45) is 3.45. The highest BCUT2D eigenvalue weighted by Gasteiger charge is 2.17. The lowest BCUT2D eigenvalue weighted by Gasteiger charge is -2.09. The molecule has 0 aliphatic carbocycles. The quantitative estimate of drug-likeness (QED) is 0.540. The number of benzene rings is 1. The van der Waals surface area contributed by atoms with Gasteiger partial charge in [-0.2, -0.15) is 10.2 Å². The fourth-order valence-electron chi connectivity index (χ4n) is 3.11. The maximum Gasteiger partial charge on any atom is 0.267 e. The number of amides is 2. The molecule has 9 heteroatoms. The average Bonchev–Trinajstić information content (AvgIpc) is 3.27. The van der Waals surface area contributed by atoms with Crippen LogP contribution in [0.3, 0.4) is 0 Å². The summed E-state index contributed by atoms with van der Waals surface area (Å²) in [5.74, 6) is -1.06. The van der Waals surface area contributed by atoms with Crippen LogP contribution in [0, 0.1) is 6.92 Å². The number of carbonyl (C=O) groups excluding carboxylic acids is 2. The second-order valence-electron chi connectivity index (χ2n) is 6.67. The third-order valence-electron chi connectivity index (χ3n) is 4.65. The first kappa shape index (κ1) is 18.4. The fraction of sp³-hybridized carbons (Fsp3) is 0.150. The SMILES string of the molecule is Cc1c(NC(=O)c2cc(C(N)=O)nc3ccccc23)cnn1Cc1ccn(C)n1. The van der Waals surface area contributed by atoms with Gasteiger partial charge in [0.1, 0.15) is 5.69 Å². The molecule has 0 radical (unpaired) electrons. The molecule has 2 amide bonds. The monoisotopic (exact) mass is 389 g/mol. The van der Waals surface area contributed by atoms with Crippen molar-refractivity contribution in [3.05, 3.63) is 71.4 Å². The Bertz CT molecular complexity index is 1240. The predicted octanol–water partition coefficient (Wildman–Crippen LogP) is 1.87. The molecule has 0 saturated carbocycles. The zero-order valence-corrected chi connectivity index (χ0v) is 16.0. The number of rotatable bonds is 5. The molecule has 0 bridgehead atoms. The minimum atomic E-state index is -0.691. The van der Waals surface area contributed by atoms with E-state index in [0.29, 0.717) is 28.7 Å². The van der Waals surface area contributed by atoms with Gasteiger partial charge >= 0.3 is 0 Å². The van der Waals surface area contributed by atoms with Crippen molar-refractivity contribution in [3.8, 4) is 0 Å². The maximum absolute atomic E-state index is 13.0. The number of nitrogens with zero attached hydrogens (tertiary/aromatic N) is 5. The van der Waals surface area contributed by atoms with Crippen LogP contribution in [0.4, 0.5) is 5.69 Å². The molecule has 9 nitrogen and oxygen atoms in total. The molecular formula is C20H19N7O2.